The highest BCUT2D eigenvalue weighted by Gasteiger charge is 2.38. The number of nitrogens with zero attached hydrogens (tertiary/aromatic N) is 2. The minimum absolute atomic E-state index is 0.190. The monoisotopic (exact) mass is 422 g/mol. The number of aliphatic carboxylic acids is 1. The number of fused-ring (bicyclic) bond motifs is 1. The lowest BCUT2D eigenvalue weighted by Gasteiger charge is -2.39. The molecule has 10 heteroatoms. The topological polar surface area (TPSA) is 70.1 Å². The summed E-state index contributed by atoms with van der Waals surface area (Å²) in [6, 6.07) is 4.69. The molecule has 2 fully saturated rings. The molecule has 6 nitrogen and oxygen atoms in total. The van der Waals surface area contributed by atoms with Crippen LogP contribution in [-0.4, -0.2) is 71.3 Å². The van der Waals surface area contributed by atoms with Gasteiger partial charge in [0.2, 0.25) is 5.91 Å². The molecule has 1 aromatic heterocycles. The first-order valence-corrected chi connectivity index (χ1v) is 9.86. The fourth-order valence-corrected chi connectivity index (χ4v) is 4.41. The van der Waals surface area contributed by atoms with Crippen LogP contribution in [0.2, 0.25) is 0 Å². The van der Waals surface area contributed by atoms with E-state index >= 15 is 0 Å². The van der Waals surface area contributed by atoms with Crippen LogP contribution in [0.25, 0.3) is 0 Å². The summed E-state index contributed by atoms with van der Waals surface area (Å²) >= 11 is 1.88. The first-order chi connectivity index (χ1) is 13.1. The zero-order valence-electron chi connectivity index (χ0n) is 15.9. The van der Waals surface area contributed by atoms with Gasteiger partial charge in [0.05, 0.1) is 18.8 Å². The molecule has 1 N–H and O–H groups in total. The molecule has 0 bridgehead atoms. The fourth-order valence-electron chi connectivity index (χ4n) is 3.47. The Balaban J connectivity index is 0.000000345. The number of hydrogen-bond acceptors (Lipinski definition) is 5. The summed E-state index contributed by atoms with van der Waals surface area (Å²) in [5.41, 5.74) is 0. The number of aryl methyl sites for hydroxylation is 1. The van der Waals surface area contributed by atoms with Gasteiger partial charge in [0.15, 0.2) is 0 Å². The van der Waals surface area contributed by atoms with Crippen molar-refractivity contribution in [1.29, 1.82) is 0 Å². The normalized spacial score (nSPS) is 23.2. The number of likely N-dealkylation sites (tertiary alicyclic amines) is 1. The van der Waals surface area contributed by atoms with Crippen molar-refractivity contribution in [3.63, 3.8) is 0 Å². The molecule has 0 radical (unpaired) electrons. The molecule has 3 rings (SSSR count). The number of carbonyl (C=O) groups excluding carboxylic acids is 1. The van der Waals surface area contributed by atoms with Gasteiger partial charge in [-0.1, -0.05) is 0 Å². The second-order valence-corrected chi connectivity index (χ2v) is 8.23. The van der Waals surface area contributed by atoms with Gasteiger partial charge in [0.25, 0.3) is 0 Å². The maximum Gasteiger partial charge on any atom is 0.490 e. The van der Waals surface area contributed by atoms with Crippen molar-refractivity contribution in [2.45, 2.75) is 51.6 Å². The van der Waals surface area contributed by atoms with Crippen LogP contribution in [0.15, 0.2) is 12.1 Å². The molecule has 2 saturated heterocycles. The third kappa shape index (κ3) is 6.46. The van der Waals surface area contributed by atoms with E-state index in [2.05, 4.69) is 24.0 Å². The largest absolute Gasteiger partial charge is 0.490 e. The Bertz CT molecular complexity index is 680. The summed E-state index contributed by atoms with van der Waals surface area (Å²) < 4.78 is 37.7. The van der Waals surface area contributed by atoms with E-state index in [1.807, 2.05) is 16.2 Å². The summed E-state index contributed by atoms with van der Waals surface area (Å²) in [7, 11) is 0. The predicted molar refractivity (Wildman–Crippen MR) is 98.2 cm³/mol. The first kappa shape index (κ1) is 22.6. The zero-order chi connectivity index (χ0) is 20.9. The number of hydrogen-bond donors (Lipinski definition) is 1. The van der Waals surface area contributed by atoms with Crippen molar-refractivity contribution >= 4 is 23.2 Å². The highest BCUT2D eigenvalue weighted by molar-refractivity contribution is 7.11. The third-order valence-electron chi connectivity index (χ3n) is 4.79. The SMILES string of the molecule is CC(=O)N1CCO[C@@H]2CCN(Cc3ccc(C)s3)CC[C@H]21.O=C(O)C(F)(F)F. The first-order valence-electron chi connectivity index (χ1n) is 9.04. The van der Waals surface area contributed by atoms with Gasteiger partial charge in [-0.2, -0.15) is 13.2 Å². The van der Waals surface area contributed by atoms with E-state index in [4.69, 9.17) is 14.6 Å². The van der Waals surface area contributed by atoms with Crippen LogP contribution < -0.4 is 0 Å². The minimum atomic E-state index is -5.08. The van der Waals surface area contributed by atoms with Gasteiger partial charge in [-0.25, -0.2) is 4.79 Å². The molecule has 0 aromatic carbocycles. The van der Waals surface area contributed by atoms with Crippen LogP contribution >= 0.6 is 11.3 Å². The highest BCUT2D eigenvalue weighted by atomic mass is 32.1. The second-order valence-electron chi connectivity index (χ2n) is 6.86. The van der Waals surface area contributed by atoms with E-state index in [1.54, 1.807) is 6.92 Å². The van der Waals surface area contributed by atoms with Crippen LogP contribution in [0.4, 0.5) is 13.2 Å². The predicted octanol–water partition coefficient (Wildman–Crippen LogP) is 2.90. The van der Waals surface area contributed by atoms with Crippen LogP contribution in [0.1, 0.15) is 29.5 Å². The molecule has 1 aromatic rings. The molecule has 1 amide bonds. The van der Waals surface area contributed by atoms with Gasteiger partial charge < -0.3 is 14.7 Å². The zero-order valence-corrected chi connectivity index (χ0v) is 16.7. The molecule has 0 spiro atoms. The highest BCUT2D eigenvalue weighted by Crippen LogP contribution is 2.25. The van der Waals surface area contributed by atoms with Crippen molar-refractivity contribution in [3.8, 4) is 0 Å². The quantitative estimate of drug-likeness (QED) is 0.794. The van der Waals surface area contributed by atoms with Gasteiger partial charge in [-0.3, -0.25) is 9.69 Å². The van der Waals surface area contributed by atoms with Gasteiger partial charge in [0, 0.05) is 42.9 Å². The van der Waals surface area contributed by atoms with Gasteiger partial charge in [-0.05, 0) is 31.9 Å². The van der Waals surface area contributed by atoms with E-state index in [1.165, 1.54) is 9.75 Å². The number of ether oxygens (including phenoxy) is 1. The van der Waals surface area contributed by atoms with E-state index in [0.717, 1.165) is 39.0 Å². The standard InChI is InChI=1S/C16H24N2O2S.C2HF3O2/c1-12-3-4-14(21-12)11-17-7-5-15-16(6-8-17)20-10-9-18(15)13(2)19;3-2(4,5)1(6)7/h3-4,15-16H,5-11H2,1-2H3;(H,6,7)/t15-,16-;/m1./s1. The van der Waals surface area contributed by atoms with E-state index in [9.17, 15) is 18.0 Å². The van der Waals surface area contributed by atoms with Crippen LogP contribution in [0.5, 0.6) is 0 Å². The lowest BCUT2D eigenvalue weighted by atomic mass is 10.0. The maximum absolute atomic E-state index is 11.8. The molecule has 0 aliphatic carbocycles. The molecule has 0 saturated carbocycles. The number of alkyl halides is 3. The molecular weight excluding hydrogens is 397 g/mol. The number of amides is 1. The number of carboxylic acids is 1. The second kappa shape index (κ2) is 9.71. The van der Waals surface area contributed by atoms with Gasteiger partial charge in [0.1, 0.15) is 0 Å². The Morgan fingerprint density at radius 2 is 1.89 bits per heavy atom. The van der Waals surface area contributed by atoms with E-state index < -0.39 is 12.1 Å². The number of halogens is 3. The third-order valence-corrected chi connectivity index (χ3v) is 5.77. The Morgan fingerprint density at radius 1 is 1.25 bits per heavy atom. The molecule has 2 atom stereocenters. The maximum atomic E-state index is 11.8. The Hall–Kier alpha value is -1.65. The minimum Gasteiger partial charge on any atom is -0.475 e. The Kier molecular flexibility index (Phi) is 7.85. The fraction of sp³-hybridized carbons (Fsp3) is 0.667. The van der Waals surface area contributed by atoms with Gasteiger partial charge >= 0.3 is 12.1 Å². The van der Waals surface area contributed by atoms with E-state index in [-0.39, 0.29) is 18.1 Å². The lowest BCUT2D eigenvalue weighted by molar-refractivity contribution is -0.192. The van der Waals surface area contributed by atoms with Crippen molar-refractivity contribution in [2.24, 2.45) is 0 Å². The van der Waals surface area contributed by atoms with Crippen LogP contribution in [-0.2, 0) is 20.9 Å². The number of carboxylic acid groups (broad SMARTS) is 1. The summed E-state index contributed by atoms with van der Waals surface area (Å²) in [6.07, 6.45) is -2.81. The average Bonchev–Trinajstić information content (AvgIpc) is 2.90. The summed E-state index contributed by atoms with van der Waals surface area (Å²) in [5, 5.41) is 7.12. The summed E-state index contributed by atoms with van der Waals surface area (Å²) in [4.78, 5) is 28.0. The van der Waals surface area contributed by atoms with Crippen molar-refractivity contribution < 1.29 is 32.6 Å². The Labute approximate surface area is 165 Å². The number of carbonyl (C=O) groups is 2. The van der Waals surface area contributed by atoms with Crippen molar-refractivity contribution in [3.05, 3.63) is 21.9 Å². The van der Waals surface area contributed by atoms with Crippen LogP contribution in [0.3, 0.4) is 0 Å². The number of morpholine rings is 1. The summed E-state index contributed by atoms with van der Waals surface area (Å²) in [5.74, 6) is -2.57. The molecule has 28 heavy (non-hydrogen) atoms. The number of thiophene rings is 1. The van der Waals surface area contributed by atoms with E-state index in [0.29, 0.717) is 6.61 Å². The van der Waals surface area contributed by atoms with Crippen molar-refractivity contribution in [1.82, 2.24) is 9.80 Å². The molecule has 3 heterocycles. The number of rotatable bonds is 2. The molecule has 158 valence electrons. The van der Waals surface area contributed by atoms with Gasteiger partial charge in [-0.15, -0.1) is 11.3 Å². The van der Waals surface area contributed by atoms with Crippen molar-refractivity contribution in [2.75, 3.05) is 26.2 Å². The molecule has 2 aliphatic heterocycles. The Morgan fingerprint density at radius 3 is 2.43 bits per heavy atom. The average molecular weight is 422 g/mol. The summed E-state index contributed by atoms with van der Waals surface area (Å²) in [6.45, 7) is 8.40. The smallest absolute Gasteiger partial charge is 0.475 e. The molecule has 2 aliphatic rings. The lowest BCUT2D eigenvalue weighted by Crippen LogP contribution is -2.52. The molecular formula is C18H25F3N2O4S. The van der Waals surface area contributed by atoms with Crippen LogP contribution in [0, 0.1) is 6.92 Å². The molecule has 0 unspecified atom stereocenters.